The van der Waals surface area contributed by atoms with Crippen LogP contribution in [0.5, 0.6) is 0 Å². The van der Waals surface area contributed by atoms with Crippen molar-refractivity contribution in [2.75, 3.05) is 10.7 Å². The fraction of sp³-hybridized carbons (Fsp3) is 0.286. The summed E-state index contributed by atoms with van der Waals surface area (Å²) >= 11 is 0. The van der Waals surface area contributed by atoms with Gasteiger partial charge in [0.25, 0.3) is 0 Å². The van der Waals surface area contributed by atoms with Crippen LogP contribution >= 0.6 is 0 Å². The summed E-state index contributed by atoms with van der Waals surface area (Å²) in [4.78, 5) is 8.63. The third kappa shape index (κ3) is 3.20. The van der Waals surface area contributed by atoms with Crippen molar-refractivity contribution in [3.05, 3.63) is 46.8 Å². The smallest absolute Gasteiger partial charge is 0.148 e. The van der Waals surface area contributed by atoms with Crippen LogP contribution in [0, 0.1) is 20.8 Å². The molecule has 4 N–H and O–H groups in total. The molecule has 1 aromatic carbocycles. The molecule has 1 heterocycles. The molecule has 5 nitrogen and oxygen atoms in total. The Balaban J connectivity index is 2.17. The first-order valence-electron chi connectivity index (χ1n) is 6.21. The second-order valence-corrected chi connectivity index (χ2v) is 4.58. The van der Waals surface area contributed by atoms with Crippen LogP contribution < -0.4 is 16.6 Å². The Bertz CT molecular complexity index is 580. The molecule has 100 valence electrons. The normalized spacial score (nSPS) is 10.3. The number of nitrogens with two attached hydrogens (primary N) is 1. The number of nitrogen functional groups attached to an aromatic ring is 1. The molecule has 0 saturated carbocycles. The van der Waals surface area contributed by atoms with E-state index in [1.807, 2.05) is 13.8 Å². The van der Waals surface area contributed by atoms with E-state index in [1.54, 1.807) is 0 Å². The molecule has 0 aliphatic rings. The summed E-state index contributed by atoms with van der Waals surface area (Å²) in [7, 11) is 0. The lowest BCUT2D eigenvalue weighted by Gasteiger charge is -2.12. The summed E-state index contributed by atoms with van der Waals surface area (Å²) in [6.45, 7) is 6.59. The van der Waals surface area contributed by atoms with Gasteiger partial charge < -0.3 is 10.7 Å². The van der Waals surface area contributed by atoms with Gasteiger partial charge in [0.1, 0.15) is 17.5 Å². The number of anilines is 2. The standard InChI is InChI=1S/C14H19N5/c1-9-5-4-6-12(7-9)8-16-13-10(2)14(19-15)18-11(3)17-13/h4-7H,8,15H2,1-3H3,(H2,16,17,18,19). The van der Waals surface area contributed by atoms with Gasteiger partial charge in [0.15, 0.2) is 0 Å². The highest BCUT2D eigenvalue weighted by Crippen LogP contribution is 2.19. The van der Waals surface area contributed by atoms with E-state index in [4.69, 9.17) is 5.84 Å². The van der Waals surface area contributed by atoms with E-state index in [0.717, 1.165) is 17.9 Å². The van der Waals surface area contributed by atoms with Crippen molar-refractivity contribution < 1.29 is 0 Å². The van der Waals surface area contributed by atoms with Crippen molar-refractivity contribution in [3.63, 3.8) is 0 Å². The Morgan fingerprint density at radius 1 is 1.11 bits per heavy atom. The zero-order valence-corrected chi connectivity index (χ0v) is 11.5. The number of hydrazine groups is 1. The van der Waals surface area contributed by atoms with E-state index in [9.17, 15) is 0 Å². The summed E-state index contributed by atoms with van der Waals surface area (Å²) in [5, 5.41) is 3.33. The van der Waals surface area contributed by atoms with Gasteiger partial charge in [-0.05, 0) is 26.3 Å². The predicted molar refractivity (Wildman–Crippen MR) is 77.8 cm³/mol. The molecule has 0 spiro atoms. The highest BCUT2D eigenvalue weighted by Gasteiger charge is 2.07. The molecule has 0 unspecified atom stereocenters. The molecule has 2 rings (SSSR count). The molecule has 0 aliphatic carbocycles. The van der Waals surface area contributed by atoms with Crippen LogP contribution in [0.4, 0.5) is 11.6 Å². The maximum Gasteiger partial charge on any atom is 0.148 e. The monoisotopic (exact) mass is 257 g/mol. The Labute approximate surface area is 113 Å². The van der Waals surface area contributed by atoms with E-state index < -0.39 is 0 Å². The van der Waals surface area contributed by atoms with Gasteiger partial charge in [-0.1, -0.05) is 29.8 Å². The van der Waals surface area contributed by atoms with Crippen LogP contribution in [0.3, 0.4) is 0 Å². The van der Waals surface area contributed by atoms with Crippen molar-refractivity contribution in [2.24, 2.45) is 5.84 Å². The first-order valence-corrected chi connectivity index (χ1v) is 6.21. The Kier molecular flexibility index (Phi) is 3.97. The molecular weight excluding hydrogens is 238 g/mol. The number of nitrogens with one attached hydrogen (secondary N) is 2. The van der Waals surface area contributed by atoms with Crippen molar-refractivity contribution in [2.45, 2.75) is 27.3 Å². The molecule has 0 aliphatic heterocycles. The Morgan fingerprint density at radius 2 is 1.84 bits per heavy atom. The first-order chi connectivity index (χ1) is 9.10. The van der Waals surface area contributed by atoms with E-state index in [1.165, 1.54) is 11.1 Å². The second-order valence-electron chi connectivity index (χ2n) is 4.58. The molecule has 0 fully saturated rings. The maximum absolute atomic E-state index is 5.45. The SMILES string of the molecule is Cc1cccc(CNc2nc(C)nc(NN)c2C)c1. The largest absolute Gasteiger partial charge is 0.366 e. The number of aromatic nitrogens is 2. The molecule has 0 atom stereocenters. The van der Waals surface area contributed by atoms with Crippen LogP contribution in [-0.2, 0) is 6.54 Å². The van der Waals surface area contributed by atoms with Crippen LogP contribution in [0.25, 0.3) is 0 Å². The van der Waals surface area contributed by atoms with E-state index in [0.29, 0.717) is 11.6 Å². The van der Waals surface area contributed by atoms with Gasteiger partial charge in [-0.15, -0.1) is 0 Å². The van der Waals surface area contributed by atoms with Gasteiger partial charge in [-0.2, -0.15) is 0 Å². The van der Waals surface area contributed by atoms with Gasteiger partial charge >= 0.3 is 0 Å². The van der Waals surface area contributed by atoms with Crippen molar-refractivity contribution in [3.8, 4) is 0 Å². The number of aryl methyl sites for hydroxylation is 2. The van der Waals surface area contributed by atoms with Crippen molar-refractivity contribution in [1.29, 1.82) is 0 Å². The van der Waals surface area contributed by atoms with Crippen molar-refractivity contribution >= 4 is 11.6 Å². The molecule has 19 heavy (non-hydrogen) atoms. The number of rotatable bonds is 4. The summed E-state index contributed by atoms with van der Waals surface area (Å²) in [5.74, 6) is 7.59. The number of benzene rings is 1. The third-order valence-corrected chi connectivity index (χ3v) is 2.94. The molecular formula is C14H19N5. The molecule has 0 saturated heterocycles. The molecule has 0 bridgehead atoms. The minimum Gasteiger partial charge on any atom is -0.366 e. The Morgan fingerprint density at radius 3 is 2.53 bits per heavy atom. The zero-order chi connectivity index (χ0) is 13.8. The fourth-order valence-corrected chi connectivity index (χ4v) is 1.95. The average molecular weight is 257 g/mol. The lowest BCUT2D eigenvalue weighted by Crippen LogP contribution is -2.14. The summed E-state index contributed by atoms with van der Waals surface area (Å²) in [6.07, 6.45) is 0. The van der Waals surface area contributed by atoms with Gasteiger partial charge in [0.2, 0.25) is 0 Å². The fourth-order valence-electron chi connectivity index (χ4n) is 1.95. The molecule has 0 radical (unpaired) electrons. The summed E-state index contributed by atoms with van der Waals surface area (Å²) in [6, 6.07) is 8.38. The average Bonchev–Trinajstić information content (AvgIpc) is 2.39. The molecule has 5 heteroatoms. The van der Waals surface area contributed by atoms with Gasteiger partial charge in [0, 0.05) is 12.1 Å². The lowest BCUT2D eigenvalue weighted by molar-refractivity contribution is 0.997. The molecule has 0 amide bonds. The topological polar surface area (TPSA) is 75.9 Å². The highest BCUT2D eigenvalue weighted by molar-refractivity contribution is 5.56. The summed E-state index contributed by atoms with van der Waals surface area (Å²) in [5.41, 5.74) is 5.98. The number of nitrogens with zero attached hydrogens (tertiary/aromatic N) is 2. The number of hydrogen-bond donors (Lipinski definition) is 3. The van der Waals surface area contributed by atoms with Gasteiger partial charge in [-0.25, -0.2) is 15.8 Å². The van der Waals surface area contributed by atoms with Gasteiger partial charge in [-0.3, -0.25) is 0 Å². The van der Waals surface area contributed by atoms with Crippen LogP contribution in [-0.4, -0.2) is 9.97 Å². The van der Waals surface area contributed by atoms with Gasteiger partial charge in [0.05, 0.1) is 0 Å². The molecule has 1 aromatic heterocycles. The van der Waals surface area contributed by atoms with E-state index in [-0.39, 0.29) is 0 Å². The minimum atomic E-state index is 0.652. The molecule has 2 aromatic rings. The van der Waals surface area contributed by atoms with E-state index >= 15 is 0 Å². The highest BCUT2D eigenvalue weighted by atomic mass is 15.3. The van der Waals surface area contributed by atoms with Crippen molar-refractivity contribution in [1.82, 2.24) is 9.97 Å². The lowest BCUT2D eigenvalue weighted by atomic mass is 10.1. The van der Waals surface area contributed by atoms with Crippen LogP contribution in [0.15, 0.2) is 24.3 Å². The van der Waals surface area contributed by atoms with E-state index in [2.05, 4.69) is 51.9 Å². The summed E-state index contributed by atoms with van der Waals surface area (Å²) < 4.78 is 0. The zero-order valence-electron chi connectivity index (χ0n) is 11.5. The minimum absolute atomic E-state index is 0.652. The predicted octanol–water partition coefficient (Wildman–Crippen LogP) is 2.30. The van der Waals surface area contributed by atoms with Crippen LogP contribution in [0.2, 0.25) is 0 Å². The quantitative estimate of drug-likeness (QED) is 0.579. The third-order valence-electron chi connectivity index (χ3n) is 2.94. The van der Waals surface area contributed by atoms with Crippen LogP contribution in [0.1, 0.15) is 22.5 Å². The first kappa shape index (κ1) is 13.3. The number of hydrogen-bond acceptors (Lipinski definition) is 5. The maximum atomic E-state index is 5.45. The second kappa shape index (κ2) is 5.67. The Hall–Kier alpha value is -2.14.